The van der Waals surface area contributed by atoms with Gasteiger partial charge in [-0.15, -0.1) is 11.3 Å². The number of pyridine rings is 1. The first-order valence-corrected chi connectivity index (χ1v) is 21.4. The van der Waals surface area contributed by atoms with Crippen LogP contribution in [-0.4, -0.2) is 15.0 Å². The summed E-state index contributed by atoms with van der Waals surface area (Å²) in [5, 5.41) is 8.52. The lowest BCUT2D eigenvalue weighted by atomic mass is 9.92. The van der Waals surface area contributed by atoms with E-state index in [4.69, 9.17) is 15.0 Å². The van der Waals surface area contributed by atoms with Crippen LogP contribution in [0.25, 0.3) is 120 Å². The van der Waals surface area contributed by atoms with E-state index in [1.165, 1.54) is 47.5 Å². The number of nitrogens with zero attached hydrogens (tertiary/aromatic N) is 3. The second-order valence-electron chi connectivity index (χ2n) is 15.5. The Bertz CT molecular complexity index is 3570. The van der Waals surface area contributed by atoms with Gasteiger partial charge in [-0.2, -0.15) is 0 Å². The third kappa shape index (κ3) is 6.07. The largest absolute Gasteiger partial charge is 0.246 e. The Kier molecular flexibility index (Phi) is 8.36. The van der Waals surface area contributed by atoms with Crippen LogP contribution in [0.5, 0.6) is 0 Å². The molecule has 0 aliphatic rings. The molecule has 9 aromatic carbocycles. The zero-order valence-electron chi connectivity index (χ0n) is 33.0. The van der Waals surface area contributed by atoms with Crippen LogP contribution in [0.2, 0.25) is 0 Å². The minimum Gasteiger partial charge on any atom is -0.246 e. The van der Waals surface area contributed by atoms with Gasteiger partial charge in [-0.3, -0.25) is 0 Å². The molecule has 12 aromatic rings. The number of hydrogen-bond acceptors (Lipinski definition) is 4. The smallest absolute Gasteiger partial charge is 0.160 e. The Labute approximate surface area is 356 Å². The maximum absolute atomic E-state index is 5.64. The molecular weight excluding hydrogens is 759 g/mol. The molecule has 0 radical (unpaired) electrons. The van der Waals surface area contributed by atoms with E-state index in [0.717, 1.165) is 66.8 Å². The van der Waals surface area contributed by atoms with Crippen molar-refractivity contribution in [1.29, 1.82) is 0 Å². The van der Waals surface area contributed by atoms with Crippen LogP contribution >= 0.6 is 11.3 Å². The van der Waals surface area contributed by atoms with Crippen molar-refractivity contribution in [2.75, 3.05) is 0 Å². The Hall–Kier alpha value is -7.79. The summed E-state index contributed by atoms with van der Waals surface area (Å²) in [4.78, 5) is 15.8. The monoisotopic (exact) mass is 793 g/mol. The number of fused-ring (bicyclic) bond motifs is 8. The predicted octanol–water partition coefficient (Wildman–Crippen LogP) is 15.7. The van der Waals surface area contributed by atoms with Gasteiger partial charge >= 0.3 is 0 Å². The van der Waals surface area contributed by atoms with Crippen molar-refractivity contribution in [2.24, 2.45) is 0 Å². The fourth-order valence-corrected chi connectivity index (χ4v) is 10.2. The van der Waals surface area contributed by atoms with Crippen LogP contribution in [0.1, 0.15) is 0 Å². The number of hydrogen-bond donors (Lipinski definition) is 0. The molecule has 0 aliphatic carbocycles. The quantitative estimate of drug-likeness (QED) is 0.157. The minimum absolute atomic E-state index is 0.689. The van der Waals surface area contributed by atoms with E-state index in [0.29, 0.717) is 5.82 Å². The summed E-state index contributed by atoms with van der Waals surface area (Å²) in [7, 11) is 0. The average molecular weight is 794 g/mol. The molecule has 3 aromatic heterocycles. The van der Waals surface area contributed by atoms with E-state index in [9.17, 15) is 0 Å². The molecule has 0 saturated heterocycles. The molecule has 0 spiro atoms. The van der Waals surface area contributed by atoms with E-state index in [1.807, 2.05) is 47.7 Å². The average Bonchev–Trinajstić information content (AvgIpc) is 3.73. The number of aromatic nitrogens is 3. The van der Waals surface area contributed by atoms with Crippen LogP contribution in [0.4, 0.5) is 0 Å². The van der Waals surface area contributed by atoms with E-state index in [-0.39, 0.29) is 0 Å². The molecule has 0 unspecified atom stereocenters. The molecule has 0 saturated carbocycles. The summed E-state index contributed by atoms with van der Waals surface area (Å²) < 4.78 is 2.61. The van der Waals surface area contributed by atoms with Crippen LogP contribution in [0.3, 0.4) is 0 Å². The number of para-hydroxylation sites is 1. The van der Waals surface area contributed by atoms with Crippen molar-refractivity contribution in [3.05, 3.63) is 212 Å². The first kappa shape index (κ1) is 35.2. The normalized spacial score (nSPS) is 11.6. The molecule has 0 bridgehead atoms. The van der Waals surface area contributed by atoms with Gasteiger partial charge in [-0.1, -0.05) is 194 Å². The molecule has 4 heteroatoms. The Morgan fingerprint density at radius 2 is 0.918 bits per heavy atom. The molecule has 0 N–H and O–H groups in total. The summed E-state index contributed by atoms with van der Waals surface area (Å²) >= 11 is 1.87. The molecule has 12 rings (SSSR count). The fourth-order valence-electron chi connectivity index (χ4n) is 8.95. The van der Waals surface area contributed by atoms with Gasteiger partial charge in [0.15, 0.2) is 5.82 Å². The van der Waals surface area contributed by atoms with Gasteiger partial charge < -0.3 is 0 Å². The van der Waals surface area contributed by atoms with Gasteiger partial charge in [0, 0.05) is 64.1 Å². The van der Waals surface area contributed by atoms with Crippen LogP contribution < -0.4 is 0 Å². The summed E-state index contributed by atoms with van der Waals surface area (Å²) in [5.41, 5.74) is 12.5. The summed E-state index contributed by atoms with van der Waals surface area (Å²) in [6, 6.07) is 75.5. The van der Waals surface area contributed by atoms with Crippen LogP contribution in [0.15, 0.2) is 212 Å². The molecule has 61 heavy (non-hydrogen) atoms. The van der Waals surface area contributed by atoms with Gasteiger partial charge in [0.25, 0.3) is 0 Å². The van der Waals surface area contributed by atoms with E-state index >= 15 is 0 Å². The molecule has 3 nitrogen and oxygen atoms in total. The van der Waals surface area contributed by atoms with Crippen molar-refractivity contribution in [2.45, 2.75) is 0 Å². The first-order chi connectivity index (χ1) is 30.2. The van der Waals surface area contributed by atoms with E-state index in [2.05, 4.69) is 176 Å². The lowest BCUT2D eigenvalue weighted by Gasteiger charge is -2.16. The van der Waals surface area contributed by atoms with Gasteiger partial charge in [-0.05, 0) is 45.7 Å². The molecule has 0 atom stereocenters. The SMILES string of the molecule is c1ccc(-c2cc(-c3ccccc3)nc(-c3ccc(-c4cccc5c4nc(-c4cccc(-c6cccc7c6sc6ccccc67)c4)c4ccc6ccccc6c45)cc3)n2)cc1. The lowest BCUT2D eigenvalue weighted by molar-refractivity contribution is 1.18. The summed E-state index contributed by atoms with van der Waals surface area (Å²) in [6.07, 6.45) is 0. The molecular formula is C57H35N3S. The summed E-state index contributed by atoms with van der Waals surface area (Å²) in [5.74, 6) is 0.689. The zero-order chi connectivity index (χ0) is 40.3. The van der Waals surface area contributed by atoms with Crippen LogP contribution in [0, 0.1) is 0 Å². The lowest BCUT2D eigenvalue weighted by Crippen LogP contribution is -1.96. The van der Waals surface area contributed by atoms with Gasteiger partial charge in [0.05, 0.1) is 22.6 Å². The molecule has 284 valence electrons. The number of rotatable bonds is 6. The highest BCUT2D eigenvalue weighted by Gasteiger charge is 2.18. The second kappa shape index (κ2) is 14.5. The standard InChI is InChI=1S/C57H35N3S/c1-3-15-38(16-4-1)50-35-51(39-17-5-2-6-18-39)59-57(58-50)40-30-28-37(29-31-40)44-23-12-26-48-53-43-21-8-7-14-36(43)32-33-49(53)54(60-55(44)48)42-20-11-19-41(34-42)45-24-13-25-47-46-22-9-10-27-52(46)61-56(45)47/h1-35H. The topological polar surface area (TPSA) is 38.7 Å². The van der Waals surface area contributed by atoms with Gasteiger partial charge in [0.2, 0.25) is 0 Å². The highest BCUT2D eigenvalue weighted by molar-refractivity contribution is 7.26. The third-order valence-electron chi connectivity index (χ3n) is 11.9. The van der Waals surface area contributed by atoms with Crippen LogP contribution in [-0.2, 0) is 0 Å². The predicted molar refractivity (Wildman–Crippen MR) is 258 cm³/mol. The molecule has 0 fully saturated rings. The number of thiophene rings is 1. The summed E-state index contributed by atoms with van der Waals surface area (Å²) in [6.45, 7) is 0. The fraction of sp³-hybridized carbons (Fsp3) is 0. The first-order valence-electron chi connectivity index (χ1n) is 20.6. The van der Waals surface area contributed by atoms with Crippen molar-refractivity contribution in [1.82, 2.24) is 15.0 Å². The van der Waals surface area contributed by atoms with E-state index < -0.39 is 0 Å². The molecule has 0 aliphatic heterocycles. The van der Waals surface area contributed by atoms with Crippen molar-refractivity contribution in [3.63, 3.8) is 0 Å². The highest BCUT2D eigenvalue weighted by Crippen LogP contribution is 2.43. The minimum atomic E-state index is 0.689. The van der Waals surface area contributed by atoms with Gasteiger partial charge in [0.1, 0.15) is 0 Å². The zero-order valence-corrected chi connectivity index (χ0v) is 33.8. The Morgan fingerprint density at radius 3 is 1.69 bits per heavy atom. The van der Waals surface area contributed by atoms with E-state index in [1.54, 1.807) is 0 Å². The van der Waals surface area contributed by atoms with Crippen molar-refractivity contribution in [3.8, 4) is 67.4 Å². The second-order valence-corrected chi connectivity index (χ2v) is 16.6. The highest BCUT2D eigenvalue weighted by atomic mass is 32.1. The molecule has 0 amide bonds. The maximum atomic E-state index is 5.64. The van der Waals surface area contributed by atoms with Gasteiger partial charge in [-0.25, -0.2) is 15.0 Å². The van der Waals surface area contributed by atoms with Crippen molar-refractivity contribution >= 4 is 64.0 Å². The van der Waals surface area contributed by atoms with Crippen molar-refractivity contribution < 1.29 is 0 Å². The molecule has 3 heterocycles. The Morgan fingerprint density at radius 1 is 0.328 bits per heavy atom. The maximum Gasteiger partial charge on any atom is 0.160 e. The Balaban J connectivity index is 1.02. The number of benzene rings is 9. The third-order valence-corrected chi connectivity index (χ3v) is 13.1.